The molecule has 0 aromatic carbocycles. The monoisotopic (exact) mass is 260 g/mol. The topological polar surface area (TPSA) is 78.4 Å². The van der Waals surface area contributed by atoms with Crippen LogP contribution < -0.4 is 5.32 Å². The fourth-order valence-electron chi connectivity index (χ4n) is 1.28. The SMILES string of the molecule is Cc1nccc(NC(=O)N(CCO)CC(F)F)n1. The van der Waals surface area contributed by atoms with Crippen molar-refractivity contribution in [3.63, 3.8) is 0 Å². The number of nitrogens with zero attached hydrogens (tertiary/aromatic N) is 3. The fraction of sp³-hybridized carbons (Fsp3) is 0.500. The molecule has 18 heavy (non-hydrogen) atoms. The number of aryl methyl sites for hydroxylation is 1. The number of anilines is 1. The van der Waals surface area contributed by atoms with Crippen LogP contribution in [0.4, 0.5) is 19.4 Å². The molecule has 6 nitrogen and oxygen atoms in total. The number of carbonyl (C=O) groups excluding carboxylic acids is 1. The van der Waals surface area contributed by atoms with Gasteiger partial charge < -0.3 is 10.0 Å². The highest BCUT2D eigenvalue weighted by Gasteiger charge is 2.18. The normalized spacial score (nSPS) is 10.5. The molecule has 1 aromatic rings. The number of hydrogen-bond acceptors (Lipinski definition) is 4. The van der Waals surface area contributed by atoms with Gasteiger partial charge in [-0.1, -0.05) is 0 Å². The van der Waals surface area contributed by atoms with Crippen LogP contribution in [0.2, 0.25) is 0 Å². The number of rotatable bonds is 5. The minimum Gasteiger partial charge on any atom is -0.395 e. The fourth-order valence-corrected chi connectivity index (χ4v) is 1.28. The highest BCUT2D eigenvalue weighted by atomic mass is 19.3. The average molecular weight is 260 g/mol. The van der Waals surface area contributed by atoms with Crippen molar-refractivity contribution in [2.45, 2.75) is 13.3 Å². The molecule has 2 amide bonds. The molecule has 0 aliphatic carbocycles. The van der Waals surface area contributed by atoms with Crippen LogP contribution in [0.5, 0.6) is 0 Å². The Morgan fingerprint density at radius 2 is 2.33 bits per heavy atom. The van der Waals surface area contributed by atoms with E-state index in [4.69, 9.17) is 5.11 Å². The van der Waals surface area contributed by atoms with Crippen LogP contribution in [0.3, 0.4) is 0 Å². The molecule has 100 valence electrons. The van der Waals surface area contributed by atoms with Gasteiger partial charge in [0.1, 0.15) is 11.6 Å². The number of aliphatic hydroxyl groups excluding tert-OH is 1. The number of aromatic nitrogens is 2. The predicted octanol–water partition coefficient (Wildman–Crippen LogP) is 0.876. The summed E-state index contributed by atoms with van der Waals surface area (Å²) in [5, 5.41) is 11.1. The summed E-state index contributed by atoms with van der Waals surface area (Å²) in [6, 6.07) is 0.715. The third-order valence-electron chi connectivity index (χ3n) is 2.03. The number of aliphatic hydroxyl groups is 1. The first-order valence-electron chi connectivity index (χ1n) is 5.27. The zero-order chi connectivity index (χ0) is 13.5. The molecular formula is C10H14F2N4O2. The first-order valence-corrected chi connectivity index (χ1v) is 5.27. The predicted molar refractivity (Wildman–Crippen MR) is 60.5 cm³/mol. The van der Waals surface area contributed by atoms with Gasteiger partial charge >= 0.3 is 6.03 Å². The molecule has 2 N–H and O–H groups in total. The number of nitrogens with one attached hydrogen (secondary N) is 1. The molecule has 0 unspecified atom stereocenters. The first-order chi connectivity index (χ1) is 8.52. The average Bonchev–Trinajstić information content (AvgIpc) is 2.27. The smallest absolute Gasteiger partial charge is 0.323 e. The van der Waals surface area contributed by atoms with Gasteiger partial charge in [-0.05, 0) is 13.0 Å². The van der Waals surface area contributed by atoms with Gasteiger partial charge in [0.15, 0.2) is 0 Å². The van der Waals surface area contributed by atoms with Crippen molar-refractivity contribution in [2.75, 3.05) is 25.0 Å². The number of amides is 2. The maximum absolute atomic E-state index is 12.2. The molecule has 0 spiro atoms. The molecule has 0 saturated heterocycles. The molecule has 0 atom stereocenters. The van der Waals surface area contributed by atoms with Crippen molar-refractivity contribution in [2.24, 2.45) is 0 Å². The Morgan fingerprint density at radius 1 is 1.61 bits per heavy atom. The number of carbonyl (C=O) groups is 1. The first kappa shape index (κ1) is 14.2. The van der Waals surface area contributed by atoms with Gasteiger partial charge in [0, 0.05) is 12.7 Å². The van der Waals surface area contributed by atoms with Crippen molar-refractivity contribution >= 4 is 11.8 Å². The van der Waals surface area contributed by atoms with Crippen LogP contribution in [0.15, 0.2) is 12.3 Å². The van der Waals surface area contributed by atoms with Crippen molar-refractivity contribution in [3.8, 4) is 0 Å². The van der Waals surface area contributed by atoms with E-state index in [9.17, 15) is 13.6 Å². The summed E-state index contributed by atoms with van der Waals surface area (Å²) in [4.78, 5) is 20.2. The third kappa shape index (κ3) is 4.58. The van der Waals surface area contributed by atoms with E-state index in [-0.39, 0.29) is 19.0 Å². The highest BCUT2D eigenvalue weighted by Crippen LogP contribution is 2.05. The van der Waals surface area contributed by atoms with Gasteiger partial charge in [-0.3, -0.25) is 5.32 Å². The maximum atomic E-state index is 12.2. The van der Waals surface area contributed by atoms with Crippen LogP contribution in [0, 0.1) is 6.92 Å². The second-order valence-electron chi connectivity index (χ2n) is 3.48. The van der Waals surface area contributed by atoms with Crippen LogP contribution in [-0.2, 0) is 0 Å². The molecule has 0 saturated carbocycles. The summed E-state index contributed by atoms with van der Waals surface area (Å²) in [6.07, 6.45) is -1.21. The number of urea groups is 1. The summed E-state index contributed by atoms with van der Waals surface area (Å²) in [5.74, 6) is 0.681. The van der Waals surface area contributed by atoms with E-state index in [1.54, 1.807) is 6.92 Å². The zero-order valence-electron chi connectivity index (χ0n) is 9.81. The van der Waals surface area contributed by atoms with Gasteiger partial charge in [-0.15, -0.1) is 0 Å². The Balaban J connectivity index is 2.66. The van der Waals surface area contributed by atoms with Gasteiger partial charge in [0.2, 0.25) is 0 Å². The quantitative estimate of drug-likeness (QED) is 0.823. The second-order valence-corrected chi connectivity index (χ2v) is 3.48. The van der Waals surface area contributed by atoms with Crippen molar-refractivity contribution in [3.05, 3.63) is 18.1 Å². The van der Waals surface area contributed by atoms with Crippen molar-refractivity contribution < 1.29 is 18.7 Å². The van der Waals surface area contributed by atoms with E-state index in [1.165, 1.54) is 12.3 Å². The van der Waals surface area contributed by atoms with Gasteiger partial charge in [0.25, 0.3) is 6.43 Å². The third-order valence-corrected chi connectivity index (χ3v) is 2.03. The minimum absolute atomic E-state index is 0.166. The zero-order valence-corrected chi connectivity index (χ0v) is 9.81. The van der Waals surface area contributed by atoms with Crippen molar-refractivity contribution in [1.29, 1.82) is 0 Å². The lowest BCUT2D eigenvalue weighted by Crippen LogP contribution is -2.40. The molecule has 0 aliphatic heterocycles. The Kier molecular flexibility index (Phi) is 5.37. The molecule has 0 aliphatic rings. The summed E-state index contributed by atoms with van der Waals surface area (Å²) >= 11 is 0. The van der Waals surface area contributed by atoms with Crippen LogP contribution in [0.25, 0.3) is 0 Å². The van der Waals surface area contributed by atoms with E-state index in [0.29, 0.717) is 5.82 Å². The van der Waals surface area contributed by atoms with E-state index in [2.05, 4.69) is 15.3 Å². The molecule has 1 aromatic heterocycles. The molecule has 0 radical (unpaired) electrons. The summed E-state index contributed by atoms with van der Waals surface area (Å²) in [6.45, 7) is 0.347. The molecule has 0 bridgehead atoms. The van der Waals surface area contributed by atoms with Gasteiger partial charge in [-0.25, -0.2) is 23.5 Å². The molecular weight excluding hydrogens is 246 g/mol. The Labute approximate surface area is 103 Å². The standard InChI is InChI=1S/C10H14F2N4O2/c1-7-13-3-2-9(14-7)15-10(18)16(4-5-17)6-8(11)12/h2-3,8,17H,4-6H2,1H3,(H,13,14,15,18). The minimum atomic E-state index is -2.66. The largest absolute Gasteiger partial charge is 0.395 e. The van der Waals surface area contributed by atoms with E-state index >= 15 is 0 Å². The second kappa shape index (κ2) is 6.80. The molecule has 1 rings (SSSR count). The number of alkyl halides is 2. The summed E-state index contributed by atoms with van der Waals surface area (Å²) in [5.41, 5.74) is 0. The molecule has 1 heterocycles. The summed E-state index contributed by atoms with van der Waals surface area (Å²) in [7, 11) is 0. The van der Waals surface area contributed by atoms with Gasteiger partial charge in [0.05, 0.1) is 13.2 Å². The Hall–Kier alpha value is -1.83. The van der Waals surface area contributed by atoms with Gasteiger partial charge in [-0.2, -0.15) is 0 Å². The lowest BCUT2D eigenvalue weighted by atomic mass is 10.5. The molecule has 0 fully saturated rings. The number of hydrogen-bond donors (Lipinski definition) is 2. The highest BCUT2D eigenvalue weighted by molar-refractivity contribution is 5.88. The Bertz CT molecular complexity index is 403. The van der Waals surface area contributed by atoms with E-state index in [0.717, 1.165) is 4.90 Å². The van der Waals surface area contributed by atoms with Crippen LogP contribution >= 0.6 is 0 Å². The van der Waals surface area contributed by atoms with E-state index in [1.807, 2.05) is 0 Å². The lowest BCUT2D eigenvalue weighted by Gasteiger charge is -2.21. The number of halogens is 2. The Morgan fingerprint density at radius 3 is 2.89 bits per heavy atom. The summed E-state index contributed by atoms with van der Waals surface area (Å²) < 4.78 is 24.5. The van der Waals surface area contributed by atoms with E-state index < -0.39 is 19.0 Å². The van der Waals surface area contributed by atoms with Crippen LogP contribution in [0.1, 0.15) is 5.82 Å². The molecule has 8 heteroatoms. The van der Waals surface area contributed by atoms with Crippen LogP contribution in [-0.4, -0.2) is 52.1 Å². The van der Waals surface area contributed by atoms with Crippen molar-refractivity contribution in [1.82, 2.24) is 14.9 Å². The lowest BCUT2D eigenvalue weighted by molar-refractivity contribution is 0.0942. The maximum Gasteiger partial charge on any atom is 0.323 e.